The van der Waals surface area contributed by atoms with Crippen LogP contribution < -0.4 is 4.31 Å². The van der Waals surface area contributed by atoms with Crippen molar-refractivity contribution in [3.05, 3.63) is 59.7 Å². The van der Waals surface area contributed by atoms with E-state index in [4.69, 9.17) is 0 Å². The van der Waals surface area contributed by atoms with E-state index in [0.717, 1.165) is 23.2 Å². The maximum atomic E-state index is 12.9. The molecule has 1 aliphatic rings. The third kappa shape index (κ3) is 2.56. The Morgan fingerprint density at radius 2 is 1.71 bits per heavy atom. The molecule has 1 unspecified atom stereocenters. The Labute approximate surface area is 126 Å². The summed E-state index contributed by atoms with van der Waals surface area (Å²) in [6.45, 7) is 4.58. The van der Waals surface area contributed by atoms with Crippen molar-refractivity contribution >= 4 is 15.7 Å². The van der Waals surface area contributed by atoms with Crippen molar-refractivity contribution in [1.82, 2.24) is 0 Å². The third-order valence-electron chi connectivity index (χ3n) is 3.92. The molecule has 2 aromatic carbocycles. The Kier molecular flexibility index (Phi) is 3.49. The summed E-state index contributed by atoms with van der Waals surface area (Å²) in [4.78, 5) is 0.358. The fraction of sp³-hybridized carbons (Fsp3) is 0.294. The fourth-order valence-electron chi connectivity index (χ4n) is 2.81. The molecule has 21 heavy (non-hydrogen) atoms. The molecule has 0 spiro atoms. The van der Waals surface area contributed by atoms with E-state index < -0.39 is 10.0 Å². The molecule has 0 aliphatic carbocycles. The average Bonchev–Trinajstić information content (AvgIpc) is 2.46. The highest BCUT2D eigenvalue weighted by atomic mass is 32.2. The molecule has 4 heteroatoms. The lowest BCUT2D eigenvalue weighted by atomic mass is 9.96. The van der Waals surface area contributed by atoms with Crippen LogP contribution in [0.1, 0.15) is 18.1 Å². The highest BCUT2D eigenvalue weighted by molar-refractivity contribution is 7.92. The van der Waals surface area contributed by atoms with Crippen LogP contribution in [0.5, 0.6) is 0 Å². The van der Waals surface area contributed by atoms with Crippen LogP contribution in [0.25, 0.3) is 0 Å². The molecular formula is C17H19NO2S. The first-order valence-electron chi connectivity index (χ1n) is 7.16. The zero-order valence-electron chi connectivity index (χ0n) is 12.3. The van der Waals surface area contributed by atoms with E-state index in [-0.39, 0.29) is 0 Å². The van der Waals surface area contributed by atoms with Crippen molar-refractivity contribution in [2.75, 3.05) is 10.8 Å². The number of rotatable bonds is 2. The van der Waals surface area contributed by atoms with Crippen LogP contribution in [0.4, 0.5) is 5.69 Å². The maximum Gasteiger partial charge on any atom is 0.264 e. The summed E-state index contributed by atoms with van der Waals surface area (Å²) < 4.78 is 27.4. The van der Waals surface area contributed by atoms with Gasteiger partial charge in [0.2, 0.25) is 0 Å². The summed E-state index contributed by atoms with van der Waals surface area (Å²) in [6, 6.07) is 14.8. The van der Waals surface area contributed by atoms with Crippen LogP contribution in [0, 0.1) is 12.8 Å². The highest BCUT2D eigenvalue weighted by Gasteiger charge is 2.31. The maximum absolute atomic E-state index is 12.9. The number of nitrogens with zero attached hydrogens (tertiary/aromatic N) is 1. The quantitative estimate of drug-likeness (QED) is 0.852. The molecule has 0 aromatic heterocycles. The zero-order chi connectivity index (χ0) is 15.0. The van der Waals surface area contributed by atoms with Crippen molar-refractivity contribution < 1.29 is 8.42 Å². The van der Waals surface area contributed by atoms with Gasteiger partial charge < -0.3 is 0 Å². The molecule has 0 radical (unpaired) electrons. The van der Waals surface area contributed by atoms with E-state index in [1.165, 1.54) is 0 Å². The Morgan fingerprint density at radius 1 is 1.05 bits per heavy atom. The minimum absolute atomic E-state index is 0.320. The summed E-state index contributed by atoms with van der Waals surface area (Å²) >= 11 is 0. The molecule has 1 atom stereocenters. The van der Waals surface area contributed by atoms with Gasteiger partial charge >= 0.3 is 0 Å². The standard InChI is InChI=1S/C17H19NO2S/c1-13-7-9-16(10-8-13)21(19,20)18-12-14(2)11-15-5-3-4-6-17(15)18/h3-10,14H,11-12H2,1-2H3. The predicted octanol–water partition coefficient (Wildman–Crippen LogP) is 3.38. The number of anilines is 1. The van der Waals surface area contributed by atoms with Gasteiger partial charge in [-0.15, -0.1) is 0 Å². The first-order chi connectivity index (χ1) is 9.98. The summed E-state index contributed by atoms with van der Waals surface area (Å²) in [5.41, 5.74) is 2.98. The molecule has 1 aliphatic heterocycles. The van der Waals surface area contributed by atoms with Crippen molar-refractivity contribution in [3.63, 3.8) is 0 Å². The molecule has 0 amide bonds. The average molecular weight is 301 g/mol. The number of fused-ring (bicyclic) bond motifs is 1. The lowest BCUT2D eigenvalue weighted by molar-refractivity contribution is 0.544. The highest BCUT2D eigenvalue weighted by Crippen LogP contribution is 2.33. The lowest BCUT2D eigenvalue weighted by Crippen LogP contribution is -2.39. The monoisotopic (exact) mass is 301 g/mol. The second kappa shape index (κ2) is 5.19. The molecule has 3 nitrogen and oxygen atoms in total. The van der Waals surface area contributed by atoms with Gasteiger partial charge in [-0.25, -0.2) is 8.42 Å². The van der Waals surface area contributed by atoms with Crippen molar-refractivity contribution in [2.45, 2.75) is 25.2 Å². The predicted molar refractivity (Wildman–Crippen MR) is 85.0 cm³/mol. The van der Waals surface area contributed by atoms with Gasteiger partial charge in [-0.1, -0.05) is 42.8 Å². The molecule has 0 fully saturated rings. The third-order valence-corrected chi connectivity index (χ3v) is 5.71. The summed E-state index contributed by atoms with van der Waals surface area (Å²) in [7, 11) is -3.49. The Hall–Kier alpha value is -1.81. The SMILES string of the molecule is Cc1ccc(S(=O)(=O)N2CC(C)Cc3ccccc32)cc1. The van der Waals surface area contributed by atoms with Gasteiger partial charge in [0.1, 0.15) is 0 Å². The minimum atomic E-state index is -3.49. The van der Waals surface area contributed by atoms with Gasteiger partial charge in [0.05, 0.1) is 10.6 Å². The van der Waals surface area contributed by atoms with Gasteiger partial charge in [-0.2, -0.15) is 0 Å². The van der Waals surface area contributed by atoms with Crippen molar-refractivity contribution in [1.29, 1.82) is 0 Å². The molecule has 3 rings (SSSR count). The largest absolute Gasteiger partial charge is 0.266 e. The summed E-state index contributed by atoms with van der Waals surface area (Å²) in [5.74, 6) is 0.320. The molecule has 0 saturated heterocycles. The summed E-state index contributed by atoms with van der Waals surface area (Å²) in [5, 5.41) is 0. The Morgan fingerprint density at radius 3 is 2.43 bits per heavy atom. The summed E-state index contributed by atoms with van der Waals surface area (Å²) in [6.07, 6.45) is 0.927. The molecule has 110 valence electrons. The second-order valence-electron chi connectivity index (χ2n) is 5.79. The normalized spacial score (nSPS) is 18.4. The molecule has 0 N–H and O–H groups in total. The van der Waals surface area contributed by atoms with Crippen LogP contribution in [0.2, 0.25) is 0 Å². The molecule has 0 bridgehead atoms. The Bertz CT molecular complexity index is 751. The van der Waals surface area contributed by atoms with Gasteiger partial charge in [-0.3, -0.25) is 4.31 Å². The molecule has 1 heterocycles. The number of hydrogen-bond acceptors (Lipinski definition) is 2. The minimum Gasteiger partial charge on any atom is -0.266 e. The number of aryl methyl sites for hydroxylation is 1. The number of hydrogen-bond donors (Lipinski definition) is 0. The first-order valence-corrected chi connectivity index (χ1v) is 8.60. The second-order valence-corrected chi connectivity index (χ2v) is 7.65. The number of benzene rings is 2. The van der Waals surface area contributed by atoms with Gasteiger partial charge in [0.15, 0.2) is 0 Å². The lowest BCUT2D eigenvalue weighted by Gasteiger charge is -2.33. The van der Waals surface area contributed by atoms with E-state index in [9.17, 15) is 8.42 Å². The smallest absolute Gasteiger partial charge is 0.264 e. The van der Waals surface area contributed by atoms with Crippen LogP contribution >= 0.6 is 0 Å². The van der Waals surface area contributed by atoms with E-state index in [1.807, 2.05) is 43.3 Å². The van der Waals surface area contributed by atoms with E-state index in [0.29, 0.717) is 17.4 Å². The van der Waals surface area contributed by atoms with Crippen molar-refractivity contribution in [3.8, 4) is 0 Å². The first kappa shape index (κ1) is 14.1. The van der Waals surface area contributed by atoms with E-state index >= 15 is 0 Å². The molecule has 0 saturated carbocycles. The van der Waals surface area contributed by atoms with E-state index in [1.54, 1.807) is 16.4 Å². The topological polar surface area (TPSA) is 37.4 Å². The molecule has 2 aromatic rings. The van der Waals surface area contributed by atoms with Crippen molar-refractivity contribution in [2.24, 2.45) is 5.92 Å². The molecular weight excluding hydrogens is 282 g/mol. The van der Waals surface area contributed by atoms with Crippen LogP contribution in [-0.2, 0) is 16.4 Å². The van der Waals surface area contributed by atoms with Crippen LogP contribution in [0.15, 0.2) is 53.4 Å². The van der Waals surface area contributed by atoms with E-state index in [2.05, 4.69) is 6.92 Å². The zero-order valence-corrected chi connectivity index (χ0v) is 13.1. The fourth-order valence-corrected chi connectivity index (χ4v) is 4.44. The van der Waals surface area contributed by atoms with Crippen LogP contribution in [-0.4, -0.2) is 15.0 Å². The van der Waals surface area contributed by atoms with Gasteiger partial charge in [0, 0.05) is 6.54 Å². The number of sulfonamides is 1. The Balaban J connectivity index is 2.09. The van der Waals surface area contributed by atoms with Gasteiger partial charge in [-0.05, 0) is 43.0 Å². The van der Waals surface area contributed by atoms with Crippen LogP contribution in [0.3, 0.4) is 0 Å². The number of para-hydroxylation sites is 1. The van der Waals surface area contributed by atoms with Gasteiger partial charge in [0.25, 0.3) is 10.0 Å².